The molecule has 2 fully saturated rings. The molecular weight excluding hydrogens is 232 g/mol. The van der Waals surface area contributed by atoms with Crippen LogP contribution >= 0.6 is 0 Å². The van der Waals surface area contributed by atoms with E-state index in [-0.39, 0.29) is 5.54 Å². The lowest BCUT2D eigenvalue weighted by Crippen LogP contribution is -2.46. The van der Waals surface area contributed by atoms with Crippen LogP contribution in [0.25, 0.3) is 0 Å². The second kappa shape index (κ2) is 6.58. The van der Waals surface area contributed by atoms with E-state index in [1.54, 1.807) is 0 Å². The van der Waals surface area contributed by atoms with Gasteiger partial charge >= 0.3 is 0 Å². The fourth-order valence-corrected chi connectivity index (χ4v) is 4.09. The van der Waals surface area contributed by atoms with E-state index in [1.807, 2.05) is 0 Å². The van der Waals surface area contributed by atoms with Crippen molar-refractivity contribution in [2.24, 2.45) is 11.1 Å². The predicted molar refractivity (Wildman–Crippen MR) is 83.3 cm³/mol. The van der Waals surface area contributed by atoms with Gasteiger partial charge in [-0.2, -0.15) is 0 Å². The minimum Gasteiger partial charge on any atom is -0.325 e. The van der Waals surface area contributed by atoms with Crippen molar-refractivity contribution in [1.82, 2.24) is 4.90 Å². The Hall–Kier alpha value is -0.0800. The summed E-state index contributed by atoms with van der Waals surface area (Å²) in [4.78, 5) is 2.67. The van der Waals surface area contributed by atoms with E-state index in [1.165, 1.54) is 83.8 Å². The average molecular weight is 266 g/mol. The summed E-state index contributed by atoms with van der Waals surface area (Å²) in [7, 11) is 0. The molecule has 0 bridgehead atoms. The lowest BCUT2D eigenvalue weighted by atomic mass is 9.74. The highest BCUT2D eigenvalue weighted by molar-refractivity contribution is 4.90. The molecule has 1 heterocycles. The summed E-state index contributed by atoms with van der Waals surface area (Å²) < 4.78 is 0. The third-order valence-corrected chi connectivity index (χ3v) is 6.19. The van der Waals surface area contributed by atoms with Crippen LogP contribution < -0.4 is 5.73 Å². The van der Waals surface area contributed by atoms with Crippen LogP contribution in [0.1, 0.15) is 78.1 Å². The van der Waals surface area contributed by atoms with Crippen molar-refractivity contribution in [1.29, 1.82) is 0 Å². The van der Waals surface area contributed by atoms with Gasteiger partial charge in [0.25, 0.3) is 0 Å². The first-order chi connectivity index (χ1) is 9.11. The molecule has 1 saturated heterocycles. The number of hydrogen-bond donors (Lipinski definition) is 1. The molecule has 1 aliphatic heterocycles. The SMILES string of the molecule is CCC1(CC)CCN(CCC2(N)CCCCC2)CC1. The monoisotopic (exact) mass is 266 g/mol. The number of piperidine rings is 1. The van der Waals surface area contributed by atoms with Crippen LogP contribution in [0.2, 0.25) is 0 Å². The Morgan fingerprint density at radius 3 is 2.00 bits per heavy atom. The lowest BCUT2D eigenvalue weighted by Gasteiger charge is -2.42. The molecule has 2 nitrogen and oxygen atoms in total. The zero-order valence-corrected chi connectivity index (χ0v) is 13.2. The Labute approximate surface area is 120 Å². The van der Waals surface area contributed by atoms with Gasteiger partial charge in [0.1, 0.15) is 0 Å². The maximum absolute atomic E-state index is 6.56. The summed E-state index contributed by atoms with van der Waals surface area (Å²) in [6, 6.07) is 0. The van der Waals surface area contributed by atoms with Gasteiger partial charge in [0.05, 0.1) is 0 Å². The molecule has 0 aromatic rings. The first-order valence-electron chi connectivity index (χ1n) is 8.63. The second-order valence-corrected chi connectivity index (χ2v) is 7.22. The van der Waals surface area contributed by atoms with E-state index >= 15 is 0 Å². The lowest BCUT2D eigenvalue weighted by molar-refractivity contribution is 0.0870. The van der Waals surface area contributed by atoms with E-state index < -0.39 is 0 Å². The maximum Gasteiger partial charge on any atom is 0.0166 e. The van der Waals surface area contributed by atoms with E-state index in [0.717, 1.165) is 0 Å². The minimum absolute atomic E-state index is 0.169. The largest absolute Gasteiger partial charge is 0.325 e. The summed E-state index contributed by atoms with van der Waals surface area (Å²) >= 11 is 0. The normalized spacial score (nSPS) is 27.3. The fraction of sp³-hybridized carbons (Fsp3) is 1.00. The highest BCUT2D eigenvalue weighted by Gasteiger charge is 2.32. The summed E-state index contributed by atoms with van der Waals surface area (Å²) in [5.41, 5.74) is 7.38. The predicted octanol–water partition coefficient (Wildman–Crippen LogP) is 3.94. The molecule has 0 atom stereocenters. The van der Waals surface area contributed by atoms with Crippen molar-refractivity contribution < 1.29 is 0 Å². The number of hydrogen-bond acceptors (Lipinski definition) is 2. The van der Waals surface area contributed by atoms with E-state index in [4.69, 9.17) is 5.73 Å². The number of nitrogens with zero attached hydrogens (tertiary/aromatic N) is 1. The van der Waals surface area contributed by atoms with E-state index in [2.05, 4.69) is 18.7 Å². The quantitative estimate of drug-likeness (QED) is 0.816. The van der Waals surface area contributed by atoms with Gasteiger partial charge in [-0.15, -0.1) is 0 Å². The molecule has 2 aliphatic rings. The smallest absolute Gasteiger partial charge is 0.0166 e. The van der Waals surface area contributed by atoms with Crippen LogP contribution in [0.3, 0.4) is 0 Å². The van der Waals surface area contributed by atoms with Gasteiger partial charge in [0.15, 0.2) is 0 Å². The summed E-state index contributed by atoms with van der Waals surface area (Å²) in [5.74, 6) is 0. The van der Waals surface area contributed by atoms with Crippen molar-refractivity contribution in [2.45, 2.75) is 83.6 Å². The summed E-state index contributed by atoms with van der Waals surface area (Å²) in [6.45, 7) is 8.58. The first kappa shape index (κ1) is 15.3. The first-order valence-corrected chi connectivity index (χ1v) is 8.63. The van der Waals surface area contributed by atoms with Gasteiger partial charge in [-0.25, -0.2) is 0 Å². The molecule has 2 heteroatoms. The van der Waals surface area contributed by atoms with Gasteiger partial charge in [0.2, 0.25) is 0 Å². The van der Waals surface area contributed by atoms with Gasteiger partial charge in [-0.1, -0.05) is 46.0 Å². The van der Waals surface area contributed by atoms with Crippen LogP contribution in [-0.4, -0.2) is 30.1 Å². The van der Waals surface area contributed by atoms with Crippen LogP contribution in [0.5, 0.6) is 0 Å². The van der Waals surface area contributed by atoms with Crippen molar-refractivity contribution in [3.63, 3.8) is 0 Å². The van der Waals surface area contributed by atoms with Crippen molar-refractivity contribution in [2.75, 3.05) is 19.6 Å². The maximum atomic E-state index is 6.56. The molecule has 19 heavy (non-hydrogen) atoms. The zero-order chi connectivity index (χ0) is 13.8. The molecule has 112 valence electrons. The van der Waals surface area contributed by atoms with Crippen molar-refractivity contribution in [3.05, 3.63) is 0 Å². The molecule has 1 aliphatic carbocycles. The van der Waals surface area contributed by atoms with Crippen LogP contribution in [-0.2, 0) is 0 Å². The highest BCUT2D eigenvalue weighted by atomic mass is 15.1. The molecule has 2 rings (SSSR count). The Bertz CT molecular complexity index is 254. The average Bonchev–Trinajstić information content (AvgIpc) is 2.47. The molecule has 0 spiro atoms. The molecule has 2 N–H and O–H groups in total. The van der Waals surface area contributed by atoms with Crippen LogP contribution in [0.15, 0.2) is 0 Å². The van der Waals surface area contributed by atoms with Gasteiger partial charge in [-0.3, -0.25) is 0 Å². The Morgan fingerprint density at radius 1 is 0.895 bits per heavy atom. The molecule has 1 saturated carbocycles. The van der Waals surface area contributed by atoms with Gasteiger partial charge in [0, 0.05) is 5.54 Å². The molecule has 0 amide bonds. The van der Waals surface area contributed by atoms with Gasteiger partial charge < -0.3 is 10.6 Å². The number of rotatable bonds is 5. The molecular formula is C17H34N2. The van der Waals surface area contributed by atoms with Crippen LogP contribution in [0.4, 0.5) is 0 Å². The van der Waals surface area contributed by atoms with E-state index in [9.17, 15) is 0 Å². The summed E-state index contributed by atoms with van der Waals surface area (Å²) in [6.07, 6.45) is 13.4. The molecule has 0 aromatic heterocycles. The topological polar surface area (TPSA) is 29.3 Å². The second-order valence-electron chi connectivity index (χ2n) is 7.22. The fourth-order valence-electron chi connectivity index (χ4n) is 4.09. The highest BCUT2D eigenvalue weighted by Crippen LogP contribution is 2.38. The van der Waals surface area contributed by atoms with E-state index in [0.29, 0.717) is 5.41 Å². The third kappa shape index (κ3) is 3.95. The molecule has 0 aromatic carbocycles. The molecule has 0 unspecified atom stereocenters. The molecule has 0 radical (unpaired) electrons. The van der Waals surface area contributed by atoms with Crippen LogP contribution in [0, 0.1) is 5.41 Å². The van der Waals surface area contributed by atoms with Gasteiger partial charge in [-0.05, 0) is 57.2 Å². The number of nitrogens with two attached hydrogens (primary N) is 1. The summed E-state index contributed by atoms with van der Waals surface area (Å²) in [5, 5.41) is 0. The zero-order valence-electron chi connectivity index (χ0n) is 13.2. The minimum atomic E-state index is 0.169. The Balaban J connectivity index is 1.73. The van der Waals surface area contributed by atoms with Crippen molar-refractivity contribution in [3.8, 4) is 0 Å². The Kier molecular flexibility index (Phi) is 5.30. The number of likely N-dealkylation sites (tertiary alicyclic amines) is 1. The standard InChI is InChI=1S/C17H34N2/c1-3-16(4-2)10-13-19(14-11-16)15-12-17(18)8-6-5-7-9-17/h3-15,18H2,1-2H3. The van der Waals surface area contributed by atoms with Crippen molar-refractivity contribution >= 4 is 0 Å². The Morgan fingerprint density at radius 2 is 1.47 bits per heavy atom. The third-order valence-electron chi connectivity index (χ3n) is 6.19.